The lowest BCUT2D eigenvalue weighted by atomic mass is 10.1. The lowest BCUT2D eigenvalue weighted by Crippen LogP contribution is -2.39. The van der Waals surface area contributed by atoms with Gasteiger partial charge in [0.2, 0.25) is 0 Å². The molecule has 0 aliphatic carbocycles. The second kappa shape index (κ2) is 6.78. The van der Waals surface area contributed by atoms with Gasteiger partial charge in [-0.3, -0.25) is 4.90 Å². The molecule has 0 saturated carbocycles. The fraction of sp³-hybridized carbons (Fsp3) is 0.538. The molecule has 1 N–H and O–H groups in total. The van der Waals surface area contributed by atoms with Gasteiger partial charge in [-0.2, -0.15) is 13.2 Å². The van der Waals surface area contributed by atoms with Gasteiger partial charge < -0.3 is 10.1 Å². The number of ether oxygens (including phenoxy) is 1. The van der Waals surface area contributed by atoms with Crippen molar-refractivity contribution in [1.82, 2.24) is 4.90 Å². The molecule has 0 radical (unpaired) electrons. The van der Waals surface area contributed by atoms with Crippen LogP contribution in [0, 0.1) is 0 Å². The Morgan fingerprint density at radius 1 is 1.25 bits per heavy atom. The minimum atomic E-state index is -4.36. The molecule has 1 aliphatic heterocycles. The average Bonchev–Trinajstić information content (AvgIpc) is 2.40. The van der Waals surface area contributed by atoms with Crippen LogP contribution in [-0.4, -0.2) is 44.3 Å². The van der Waals surface area contributed by atoms with Crippen molar-refractivity contribution in [3.8, 4) is 0 Å². The molecule has 1 heterocycles. The van der Waals surface area contributed by atoms with Crippen LogP contribution in [-0.2, 0) is 10.9 Å². The van der Waals surface area contributed by atoms with Gasteiger partial charge in [0.15, 0.2) is 0 Å². The number of hydrogen-bond acceptors (Lipinski definition) is 3. The predicted octanol–water partition coefficient (Wildman–Crippen LogP) is 3.21. The second-order valence-corrected chi connectivity index (χ2v) is 5.48. The molecule has 112 valence electrons. The van der Waals surface area contributed by atoms with Crippen molar-refractivity contribution in [3.05, 3.63) is 28.2 Å². The molecule has 7 heteroatoms. The maximum absolute atomic E-state index is 12.9. The Labute approximate surface area is 124 Å². The molecule has 1 saturated heterocycles. The summed E-state index contributed by atoms with van der Waals surface area (Å²) < 4.78 is 44.4. The molecule has 1 aromatic carbocycles. The van der Waals surface area contributed by atoms with E-state index in [1.54, 1.807) is 6.07 Å². The number of benzene rings is 1. The first kappa shape index (κ1) is 15.6. The number of hydrogen-bond donors (Lipinski definition) is 1. The summed E-state index contributed by atoms with van der Waals surface area (Å²) in [7, 11) is 0. The second-order valence-electron chi connectivity index (χ2n) is 4.57. The van der Waals surface area contributed by atoms with Crippen molar-refractivity contribution < 1.29 is 17.9 Å². The molecule has 1 fully saturated rings. The number of alkyl halides is 3. The SMILES string of the molecule is FC(F)(F)c1cc(Br)ccc1NCCN1CCOCC1. The molecular weight excluding hydrogens is 337 g/mol. The highest BCUT2D eigenvalue weighted by Gasteiger charge is 2.33. The summed E-state index contributed by atoms with van der Waals surface area (Å²) in [6, 6.07) is 4.15. The van der Waals surface area contributed by atoms with Gasteiger partial charge in [-0.1, -0.05) is 15.9 Å². The van der Waals surface area contributed by atoms with E-state index in [0.29, 0.717) is 30.8 Å². The van der Waals surface area contributed by atoms with E-state index in [4.69, 9.17) is 4.74 Å². The molecule has 3 nitrogen and oxygen atoms in total. The predicted molar refractivity (Wildman–Crippen MR) is 74.9 cm³/mol. The first-order valence-corrected chi connectivity index (χ1v) is 7.17. The van der Waals surface area contributed by atoms with Crippen LogP contribution in [0.3, 0.4) is 0 Å². The van der Waals surface area contributed by atoms with E-state index >= 15 is 0 Å². The van der Waals surface area contributed by atoms with Gasteiger partial charge in [0.25, 0.3) is 0 Å². The number of rotatable bonds is 4. The Bertz CT molecular complexity index is 448. The summed E-state index contributed by atoms with van der Waals surface area (Å²) in [4.78, 5) is 2.17. The summed E-state index contributed by atoms with van der Waals surface area (Å²) in [5.41, 5.74) is -0.525. The third kappa shape index (κ3) is 4.36. The van der Waals surface area contributed by atoms with Gasteiger partial charge in [-0.15, -0.1) is 0 Å². The largest absolute Gasteiger partial charge is 0.418 e. The van der Waals surface area contributed by atoms with Gasteiger partial charge in [-0.25, -0.2) is 0 Å². The maximum atomic E-state index is 12.9. The molecule has 0 bridgehead atoms. The van der Waals surface area contributed by atoms with Crippen LogP contribution >= 0.6 is 15.9 Å². The van der Waals surface area contributed by atoms with E-state index in [9.17, 15) is 13.2 Å². The Morgan fingerprint density at radius 3 is 2.60 bits per heavy atom. The zero-order valence-corrected chi connectivity index (χ0v) is 12.4. The van der Waals surface area contributed by atoms with Crippen molar-refractivity contribution >= 4 is 21.6 Å². The Balaban J connectivity index is 1.95. The van der Waals surface area contributed by atoms with E-state index in [2.05, 4.69) is 26.1 Å². The highest BCUT2D eigenvalue weighted by Crippen LogP contribution is 2.36. The van der Waals surface area contributed by atoms with Gasteiger partial charge >= 0.3 is 6.18 Å². The zero-order valence-electron chi connectivity index (χ0n) is 10.8. The summed E-state index contributed by atoms with van der Waals surface area (Å²) in [6.45, 7) is 4.21. The molecule has 0 aromatic heterocycles. The monoisotopic (exact) mass is 352 g/mol. The Kier molecular flexibility index (Phi) is 5.29. The Hall–Kier alpha value is -0.790. The minimum absolute atomic E-state index is 0.119. The molecule has 0 amide bonds. The number of nitrogens with one attached hydrogen (secondary N) is 1. The molecule has 0 atom stereocenters. The average molecular weight is 353 g/mol. The van der Waals surface area contributed by atoms with E-state index in [1.165, 1.54) is 6.07 Å². The van der Waals surface area contributed by atoms with Gasteiger partial charge in [-0.05, 0) is 18.2 Å². The smallest absolute Gasteiger partial charge is 0.383 e. The molecular formula is C13H16BrF3N2O. The fourth-order valence-electron chi connectivity index (χ4n) is 2.08. The topological polar surface area (TPSA) is 24.5 Å². The van der Waals surface area contributed by atoms with Crippen molar-refractivity contribution in [3.63, 3.8) is 0 Å². The lowest BCUT2D eigenvalue weighted by molar-refractivity contribution is -0.137. The quantitative estimate of drug-likeness (QED) is 0.900. The summed E-state index contributed by atoms with van der Waals surface area (Å²) in [5, 5.41) is 2.87. The highest BCUT2D eigenvalue weighted by atomic mass is 79.9. The lowest BCUT2D eigenvalue weighted by Gasteiger charge is -2.27. The van der Waals surface area contributed by atoms with Crippen LogP contribution in [0.1, 0.15) is 5.56 Å². The third-order valence-electron chi connectivity index (χ3n) is 3.13. The normalized spacial score (nSPS) is 17.2. The number of nitrogens with zero attached hydrogens (tertiary/aromatic N) is 1. The molecule has 0 spiro atoms. The first-order chi connectivity index (χ1) is 9.47. The highest BCUT2D eigenvalue weighted by molar-refractivity contribution is 9.10. The van der Waals surface area contributed by atoms with E-state index < -0.39 is 11.7 Å². The summed E-state index contributed by atoms with van der Waals surface area (Å²) >= 11 is 3.07. The van der Waals surface area contributed by atoms with Crippen molar-refractivity contribution in [2.75, 3.05) is 44.7 Å². The molecule has 1 aromatic rings. The van der Waals surface area contributed by atoms with Crippen molar-refractivity contribution in [2.45, 2.75) is 6.18 Å². The molecule has 20 heavy (non-hydrogen) atoms. The standard InChI is InChI=1S/C13H16BrF3N2O/c14-10-1-2-12(11(9-10)13(15,16)17)18-3-4-19-5-7-20-8-6-19/h1-2,9,18H,3-8H2. The number of halogens is 4. The van der Waals surface area contributed by atoms with Crippen LogP contribution in [0.25, 0.3) is 0 Å². The maximum Gasteiger partial charge on any atom is 0.418 e. The van der Waals surface area contributed by atoms with Gasteiger partial charge in [0.1, 0.15) is 0 Å². The fourth-order valence-corrected chi connectivity index (χ4v) is 2.44. The zero-order chi connectivity index (χ0) is 14.6. The van der Waals surface area contributed by atoms with Crippen molar-refractivity contribution in [2.24, 2.45) is 0 Å². The summed E-state index contributed by atoms with van der Waals surface area (Å²) in [6.07, 6.45) is -4.36. The van der Waals surface area contributed by atoms with Crippen LogP contribution in [0.4, 0.5) is 18.9 Å². The molecule has 2 rings (SSSR count). The number of anilines is 1. The van der Waals surface area contributed by atoms with E-state index in [-0.39, 0.29) is 5.69 Å². The van der Waals surface area contributed by atoms with Crippen molar-refractivity contribution in [1.29, 1.82) is 0 Å². The molecule has 1 aliphatic rings. The third-order valence-corrected chi connectivity index (χ3v) is 3.63. The first-order valence-electron chi connectivity index (χ1n) is 6.37. The van der Waals surface area contributed by atoms with Crippen LogP contribution < -0.4 is 5.32 Å². The van der Waals surface area contributed by atoms with Crippen LogP contribution in [0.5, 0.6) is 0 Å². The van der Waals surface area contributed by atoms with E-state index in [0.717, 1.165) is 19.2 Å². The number of morpholine rings is 1. The van der Waals surface area contributed by atoms with E-state index in [1.807, 2.05) is 0 Å². The van der Waals surface area contributed by atoms with Gasteiger partial charge in [0.05, 0.1) is 18.8 Å². The van der Waals surface area contributed by atoms with Gasteiger partial charge in [0, 0.05) is 36.3 Å². The Morgan fingerprint density at radius 2 is 1.95 bits per heavy atom. The minimum Gasteiger partial charge on any atom is -0.383 e. The molecule has 0 unspecified atom stereocenters. The summed E-state index contributed by atoms with van der Waals surface area (Å²) in [5.74, 6) is 0. The van der Waals surface area contributed by atoms with Crippen LogP contribution in [0.15, 0.2) is 22.7 Å². The van der Waals surface area contributed by atoms with Crippen LogP contribution in [0.2, 0.25) is 0 Å².